The van der Waals surface area contributed by atoms with E-state index in [0.29, 0.717) is 5.92 Å². The van der Waals surface area contributed by atoms with Crippen LogP contribution < -0.4 is 0 Å². The van der Waals surface area contributed by atoms with Crippen LogP contribution >= 0.6 is 0 Å². The third-order valence-corrected chi connectivity index (χ3v) is 6.01. The van der Waals surface area contributed by atoms with Crippen molar-refractivity contribution >= 4 is 5.57 Å². The van der Waals surface area contributed by atoms with E-state index in [2.05, 4.69) is 93.6 Å². The summed E-state index contributed by atoms with van der Waals surface area (Å²) in [5.74, 6) is 0.583. The molecule has 1 aromatic carbocycles. The first-order chi connectivity index (χ1) is 12.7. The second-order valence-electron chi connectivity index (χ2n) is 7.71. The van der Waals surface area contributed by atoms with Crippen molar-refractivity contribution in [2.24, 2.45) is 5.92 Å². The number of hydrogen-bond acceptors (Lipinski definition) is 0. The molecular formula is C26H28. The van der Waals surface area contributed by atoms with Gasteiger partial charge in [-0.2, -0.15) is 0 Å². The van der Waals surface area contributed by atoms with Gasteiger partial charge in [-0.25, -0.2) is 0 Å². The van der Waals surface area contributed by atoms with Crippen LogP contribution in [0.5, 0.6) is 0 Å². The Bertz CT molecular complexity index is 898. The Hall–Kier alpha value is -2.34. The lowest BCUT2D eigenvalue weighted by Crippen LogP contribution is -2.31. The third-order valence-electron chi connectivity index (χ3n) is 6.01. The van der Waals surface area contributed by atoms with Crippen LogP contribution in [0.2, 0.25) is 0 Å². The molecule has 26 heavy (non-hydrogen) atoms. The first-order valence-electron chi connectivity index (χ1n) is 9.89. The number of benzene rings is 1. The molecule has 0 fully saturated rings. The molecule has 0 spiro atoms. The first kappa shape index (κ1) is 17.1. The zero-order valence-corrected chi connectivity index (χ0v) is 16.1. The van der Waals surface area contributed by atoms with Crippen LogP contribution in [0.4, 0.5) is 0 Å². The summed E-state index contributed by atoms with van der Waals surface area (Å²) in [6.45, 7) is 6.75. The normalized spacial score (nSPS) is 27.7. The van der Waals surface area contributed by atoms with Crippen molar-refractivity contribution < 1.29 is 0 Å². The number of fused-ring (bicyclic) bond motifs is 1. The van der Waals surface area contributed by atoms with Gasteiger partial charge < -0.3 is 0 Å². The van der Waals surface area contributed by atoms with E-state index in [4.69, 9.17) is 0 Å². The van der Waals surface area contributed by atoms with Crippen LogP contribution in [0.1, 0.15) is 51.2 Å². The number of hydrogen-bond donors (Lipinski definition) is 0. The van der Waals surface area contributed by atoms with Gasteiger partial charge in [0.2, 0.25) is 0 Å². The Morgan fingerprint density at radius 1 is 1.04 bits per heavy atom. The molecule has 0 amide bonds. The summed E-state index contributed by atoms with van der Waals surface area (Å²) in [7, 11) is 0. The smallest absolute Gasteiger partial charge is 0.0703 e. The van der Waals surface area contributed by atoms with Crippen molar-refractivity contribution in [3.05, 3.63) is 101 Å². The van der Waals surface area contributed by atoms with Crippen LogP contribution in [-0.4, -0.2) is 0 Å². The van der Waals surface area contributed by atoms with Gasteiger partial charge in [0.05, 0.1) is 5.41 Å². The van der Waals surface area contributed by atoms with E-state index in [0.717, 1.165) is 19.3 Å². The summed E-state index contributed by atoms with van der Waals surface area (Å²) in [5.41, 5.74) is 8.38. The quantitative estimate of drug-likeness (QED) is 0.551. The third kappa shape index (κ3) is 2.43. The molecule has 0 saturated carbocycles. The van der Waals surface area contributed by atoms with Gasteiger partial charge in [-0.15, -0.1) is 0 Å². The van der Waals surface area contributed by atoms with Crippen molar-refractivity contribution in [1.29, 1.82) is 0 Å². The lowest BCUT2D eigenvalue weighted by Gasteiger charge is -2.38. The molecule has 4 rings (SSSR count). The largest absolute Gasteiger partial charge is 0.0873 e. The fraction of sp³-hybridized carbons (Fsp3) is 0.308. The lowest BCUT2D eigenvalue weighted by atomic mass is 9.63. The highest BCUT2D eigenvalue weighted by Gasteiger charge is 2.47. The topological polar surface area (TPSA) is 0 Å². The molecule has 1 aromatic rings. The number of allylic oxidation sites excluding steroid dienone is 12. The van der Waals surface area contributed by atoms with Gasteiger partial charge in [-0.1, -0.05) is 79.8 Å². The molecule has 2 unspecified atom stereocenters. The Kier molecular flexibility index (Phi) is 4.44. The minimum absolute atomic E-state index is 0.171. The average molecular weight is 341 g/mol. The van der Waals surface area contributed by atoms with Crippen LogP contribution in [0, 0.1) is 5.92 Å². The van der Waals surface area contributed by atoms with E-state index in [9.17, 15) is 0 Å². The molecule has 0 bridgehead atoms. The zero-order chi connectivity index (χ0) is 18.1. The van der Waals surface area contributed by atoms with Gasteiger partial charge in [-0.05, 0) is 72.4 Å². The maximum absolute atomic E-state index is 2.50. The van der Waals surface area contributed by atoms with Crippen LogP contribution in [0.15, 0.2) is 89.6 Å². The van der Waals surface area contributed by atoms with Crippen molar-refractivity contribution in [3.8, 4) is 0 Å². The van der Waals surface area contributed by atoms with E-state index in [1.807, 2.05) is 0 Å². The van der Waals surface area contributed by atoms with Gasteiger partial charge in [0.1, 0.15) is 0 Å². The van der Waals surface area contributed by atoms with Crippen LogP contribution in [0.3, 0.4) is 0 Å². The highest BCUT2D eigenvalue weighted by atomic mass is 14.5. The van der Waals surface area contributed by atoms with E-state index >= 15 is 0 Å². The minimum Gasteiger partial charge on any atom is -0.0873 e. The number of rotatable bonds is 3. The second-order valence-corrected chi connectivity index (χ2v) is 7.71. The second kappa shape index (κ2) is 6.76. The Morgan fingerprint density at radius 3 is 2.58 bits per heavy atom. The van der Waals surface area contributed by atoms with Crippen molar-refractivity contribution in [2.45, 2.75) is 45.4 Å². The van der Waals surface area contributed by atoms with E-state index in [-0.39, 0.29) is 5.41 Å². The molecule has 0 heterocycles. The van der Waals surface area contributed by atoms with Crippen LogP contribution in [-0.2, 0) is 5.41 Å². The van der Waals surface area contributed by atoms with Gasteiger partial charge >= 0.3 is 0 Å². The molecule has 2 atom stereocenters. The Morgan fingerprint density at radius 2 is 1.85 bits per heavy atom. The molecule has 0 N–H and O–H groups in total. The van der Waals surface area contributed by atoms with E-state index in [1.165, 1.54) is 33.4 Å². The maximum atomic E-state index is 2.50. The lowest BCUT2D eigenvalue weighted by molar-refractivity contribution is 0.676. The minimum atomic E-state index is -0.171. The SMILES string of the molecule is C/C=C\C1=C(C)c2ccccc2C1(C1=CCCC=C1)C1=CC(C)CC=C1. The predicted molar refractivity (Wildman–Crippen MR) is 113 cm³/mol. The van der Waals surface area contributed by atoms with Crippen molar-refractivity contribution in [2.75, 3.05) is 0 Å². The van der Waals surface area contributed by atoms with E-state index in [1.54, 1.807) is 0 Å². The first-order valence-corrected chi connectivity index (χ1v) is 9.89. The molecule has 0 radical (unpaired) electrons. The molecule has 0 aliphatic heterocycles. The summed E-state index contributed by atoms with van der Waals surface area (Å²) >= 11 is 0. The molecule has 3 aliphatic rings. The molecule has 3 aliphatic carbocycles. The fourth-order valence-corrected chi connectivity index (χ4v) is 4.90. The summed E-state index contributed by atoms with van der Waals surface area (Å²) in [5, 5.41) is 0. The molecule has 132 valence electrons. The molecular weight excluding hydrogens is 312 g/mol. The van der Waals surface area contributed by atoms with Gasteiger partial charge in [-0.3, -0.25) is 0 Å². The predicted octanol–water partition coefficient (Wildman–Crippen LogP) is 7.09. The standard InChI is InChI=1S/C26H28/c1-4-11-24-20(3)23-16-8-9-17-25(23)26(24,21-13-6-5-7-14-21)22-15-10-12-19(2)18-22/h4,6,8-11,13-19H,5,7,12H2,1-3H3/b11-4-. The highest BCUT2D eigenvalue weighted by Crippen LogP contribution is 2.57. The maximum Gasteiger partial charge on any atom is 0.0703 e. The summed E-state index contributed by atoms with van der Waals surface area (Å²) in [6.07, 6.45) is 22.4. The molecule has 0 aromatic heterocycles. The monoisotopic (exact) mass is 340 g/mol. The van der Waals surface area contributed by atoms with Crippen molar-refractivity contribution in [3.63, 3.8) is 0 Å². The fourth-order valence-electron chi connectivity index (χ4n) is 4.90. The molecule has 0 heteroatoms. The highest BCUT2D eigenvalue weighted by molar-refractivity contribution is 5.87. The van der Waals surface area contributed by atoms with E-state index < -0.39 is 0 Å². The van der Waals surface area contributed by atoms with Crippen LogP contribution in [0.25, 0.3) is 5.57 Å². The summed E-state index contributed by atoms with van der Waals surface area (Å²) < 4.78 is 0. The zero-order valence-electron chi connectivity index (χ0n) is 16.1. The summed E-state index contributed by atoms with van der Waals surface area (Å²) in [4.78, 5) is 0. The molecule has 0 nitrogen and oxygen atoms in total. The van der Waals surface area contributed by atoms with Gasteiger partial charge in [0.25, 0.3) is 0 Å². The Labute approximate surface area is 158 Å². The summed E-state index contributed by atoms with van der Waals surface area (Å²) in [6, 6.07) is 9.00. The average Bonchev–Trinajstić information content (AvgIpc) is 2.93. The van der Waals surface area contributed by atoms with Gasteiger partial charge in [0.15, 0.2) is 0 Å². The van der Waals surface area contributed by atoms with Crippen molar-refractivity contribution in [1.82, 2.24) is 0 Å². The van der Waals surface area contributed by atoms with Gasteiger partial charge in [0, 0.05) is 0 Å². The Balaban J connectivity index is 2.09. The molecule has 0 saturated heterocycles.